The summed E-state index contributed by atoms with van der Waals surface area (Å²) in [5.41, 5.74) is 4.01. The minimum Gasteiger partial charge on any atom is -0.280 e. The molecule has 3 aromatic carbocycles. The first-order chi connectivity index (χ1) is 15.4. The van der Waals surface area contributed by atoms with Gasteiger partial charge in [0.25, 0.3) is 10.0 Å². The molecule has 4 nitrogen and oxygen atoms in total. The van der Waals surface area contributed by atoms with E-state index in [1.165, 1.54) is 18.3 Å². The first kappa shape index (κ1) is 21.5. The molecule has 32 heavy (non-hydrogen) atoms. The third kappa shape index (κ3) is 4.76. The molecule has 0 saturated carbocycles. The van der Waals surface area contributed by atoms with E-state index in [-0.39, 0.29) is 10.7 Å². The van der Waals surface area contributed by atoms with Gasteiger partial charge >= 0.3 is 0 Å². The van der Waals surface area contributed by atoms with Crippen LogP contribution in [0, 0.1) is 12.7 Å². The number of aromatic nitrogens is 1. The lowest BCUT2D eigenvalue weighted by Gasteiger charge is -2.09. The Morgan fingerprint density at radius 3 is 2.19 bits per heavy atom. The van der Waals surface area contributed by atoms with Crippen LogP contribution in [0.1, 0.15) is 11.1 Å². The van der Waals surface area contributed by atoms with Crippen molar-refractivity contribution in [3.63, 3.8) is 0 Å². The highest BCUT2D eigenvalue weighted by Crippen LogP contribution is 2.20. The number of aryl methyl sites for hydroxylation is 1. The van der Waals surface area contributed by atoms with E-state index < -0.39 is 10.0 Å². The Labute approximate surface area is 187 Å². The summed E-state index contributed by atoms with van der Waals surface area (Å²) >= 11 is 0. The van der Waals surface area contributed by atoms with Gasteiger partial charge < -0.3 is 0 Å². The molecule has 1 heterocycles. The summed E-state index contributed by atoms with van der Waals surface area (Å²) in [7, 11) is -3.76. The summed E-state index contributed by atoms with van der Waals surface area (Å²) in [5.74, 6) is -0.319. The molecule has 0 fully saturated rings. The van der Waals surface area contributed by atoms with Gasteiger partial charge in [0.2, 0.25) is 11.4 Å². The molecule has 0 aliphatic rings. The Morgan fingerprint density at radius 1 is 0.844 bits per heavy atom. The number of benzene rings is 3. The van der Waals surface area contributed by atoms with Crippen molar-refractivity contribution in [1.82, 2.24) is 4.72 Å². The van der Waals surface area contributed by atoms with Gasteiger partial charge in [0.05, 0.1) is 11.1 Å². The van der Waals surface area contributed by atoms with E-state index in [0.29, 0.717) is 5.70 Å². The van der Waals surface area contributed by atoms with Crippen molar-refractivity contribution >= 4 is 15.7 Å². The summed E-state index contributed by atoms with van der Waals surface area (Å²) in [6.07, 6.45) is 3.33. The fourth-order valence-corrected chi connectivity index (χ4v) is 4.23. The van der Waals surface area contributed by atoms with Crippen LogP contribution in [0.5, 0.6) is 0 Å². The molecular formula is C26H22FN2O2S+. The second kappa shape index (κ2) is 9.16. The van der Waals surface area contributed by atoms with Gasteiger partial charge in [-0.05, 0) is 61.5 Å². The van der Waals surface area contributed by atoms with Crippen LogP contribution in [0.3, 0.4) is 0 Å². The molecule has 0 spiro atoms. The Kier molecular flexibility index (Phi) is 6.14. The van der Waals surface area contributed by atoms with Crippen LogP contribution in [0.2, 0.25) is 0 Å². The van der Waals surface area contributed by atoms with Crippen LogP contribution >= 0.6 is 0 Å². The van der Waals surface area contributed by atoms with E-state index in [2.05, 4.69) is 4.72 Å². The number of halogens is 1. The standard InChI is InChI=1S/C26H22FN2O2S/c1-20-10-16-24(17-11-20)32(30,31)28-19-26(21-7-3-2-4-8-21)29-18-6-5-9-25(29)22-12-14-23(27)15-13-22/h2-19,28H,1H3/q+1/b26-19-. The third-order valence-electron chi connectivity index (χ3n) is 5.01. The maximum absolute atomic E-state index is 13.5. The normalized spacial score (nSPS) is 11.9. The van der Waals surface area contributed by atoms with Crippen molar-refractivity contribution in [2.45, 2.75) is 11.8 Å². The summed E-state index contributed by atoms with van der Waals surface area (Å²) in [6, 6.07) is 28.0. The quantitative estimate of drug-likeness (QED) is 0.429. The van der Waals surface area contributed by atoms with Crippen molar-refractivity contribution in [3.8, 4) is 11.3 Å². The van der Waals surface area contributed by atoms with Crippen LogP contribution < -0.4 is 9.29 Å². The second-order valence-electron chi connectivity index (χ2n) is 7.29. The topological polar surface area (TPSA) is 50.1 Å². The molecule has 1 N–H and O–H groups in total. The second-order valence-corrected chi connectivity index (χ2v) is 9.01. The highest BCUT2D eigenvalue weighted by atomic mass is 32.2. The molecule has 0 aliphatic carbocycles. The van der Waals surface area contributed by atoms with Crippen LogP contribution in [0.4, 0.5) is 4.39 Å². The van der Waals surface area contributed by atoms with Crippen LogP contribution in [-0.2, 0) is 10.0 Å². The number of hydrogen-bond donors (Lipinski definition) is 1. The van der Waals surface area contributed by atoms with Gasteiger partial charge in [0, 0.05) is 23.3 Å². The Hall–Kier alpha value is -3.77. The first-order valence-electron chi connectivity index (χ1n) is 10.1. The van der Waals surface area contributed by atoms with E-state index in [4.69, 9.17) is 0 Å². The van der Waals surface area contributed by atoms with Crippen LogP contribution in [0.15, 0.2) is 114 Å². The molecule has 4 rings (SSSR count). The van der Waals surface area contributed by atoms with Crippen molar-refractivity contribution in [2.75, 3.05) is 0 Å². The predicted octanol–water partition coefficient (Wildman–Crippen LogP) is 4.91. The Morgan fingerprint density at radius 2 is 1.50 bits per heavy atom. The van der Waals surface area contributed by atoms with Gasteiger partial charge in [-0.25, -0.2) is 12.8 Å². The maximum Gasteiger partial charge on any atom is 0.261 e. The molecule has 0 saturated heterocycles. The zero-order chi connectivity index (χ0) is 22.6. The van der Waals surface area contributed by atoms with E-state index in [1.54, 1.807) is 36.4 Å². The zero-order valence-electron chi connectivity index (χ0n) is 17.4. The highest BCUT2D eigenvalue weighted by molar-refractivity contribution is 7.89. The molecule has 0 amide bonds. The number of rotatable bonds is 6. The minimum absolute atomic E-state index is 0.184. The molecular weight excluding hydrogens is 423 g/mol. The molecule has 0 aliphatic heterocycles. The highest BCUT2D eigenvalue weighted by Gasteiger charge is 2.21. The largest absolute Gasteiger partial charge is 0.280 e. The smallest absolute Gasteiger partial charge is 0.261 e. The summed E-state index contributed by atoms with van der Waals surface area (Å²) in [6.45, 7) is 1.90. The number of nitrogens with zero attached hydrogens (tertiary/aromatic N) is 1. The van der Waals surface area contributed by atoms with Crippen molar-refractivity contribution in [1.29, 1.82) is 0 Å². The summed E-state index contributed by atoms with van der Waals surface area (Å²) in [5, 5.41) is 0. The van der Waals surface area contributed by atoms with Gasteiger partial charge in [-0.3, -0.25) is 4.72 Å². The summed E-state index contributed by atoms with van der Waals surface area (Å²) in [4.78, 5) is 0.184. The number of hydrogen-bond acceptors (Lipinski definition) is 2. The first-order valence-corrected chi connectivity index (χ1v) is 11.5. The number of sulfonamides is 1. The molecule has 160 valence electrons. The monoisotopic (exact) mass is 445 g/mol. The predicted molar refractivity (Wildman–Crippen MR) is 123 cm³/mol. The van der Waals surface area contributed by atoms with Crippen molar-refractivity contribution < 1.29 is 17.4 Å². The van der Waals surface area contributed by atoms with Gasteiger partial charge in [-0.1, -0.05) is 35.9 Å². The zero-order valence-corrected chi connectivity index (χ0v) is 18.3. The molecule has 6 heteroatoms. The average molecular weight is 446 g/mol. The fourth-order valence-electron chi connectivity index (χ4n) is 3.33. The van der Waals surface area contributed by atoms with E-state index in [0.717, 1.165) is 22.4 Å². The van der Waals surface area contributed by atoms with Crippen LogP contribution in [0.25, 0.3) is 17.0 Å². The van der Waals surface area contributed by atoms with E-state index >= 15 is 0 Å². The van der Waals surface area contributed by atoms with Crippen molar-refractivity contribution in [2.24, 2.45) is 0 Å². The molecule has 1 aromatic heterocycles. The molecule has 0 atom stereocenters. The molecule has 4 aromatic rings. The van der Waals surface area contributed by atoms with Gasteiger partial charge in [-0.2, -0.15) is 4.57 Å². The summed E-state index contributed by atoms with van der Waals surface area (Å²) < 4.78 is 43.7. The Bertz CT molecular complexity index is 1350. The lowest BCUT2D eigenvalue weighted by atomic mass is 10.1. The number of nitrogens with one attached hydrogen (secondary N) is 1. The fraction of sp³-hybridized carbons (Fsp3) is 0.0385. The van der Waals surface area contributed by atoms with Gasteiger partial charge in [0.15, 0.2) is 6.20 Å². The maximum atomic E-state index is 13.5. The average Bonchev–Trinajstić information content (AvgIpc) is 2.81. The van der Waals surface area contributed by atoms with E-state index in [1.807, 2.05) is 66.2 Å². The lowest BCUT2D eigenvalue weighted by Crippen LogP contribution is -2.36. The number of pyridine rings is 1. The van der Waals surface area contributed by atoms with Crippen molar-refractivity contribution in [3.05, 3.63) is 126 Å². The van der Waals surface area contributed by atoms with Gasteiger partial charge in [0.1, 0.15) is 5.82 Å². The third-order valence-corrected chi connectivity index (χ3v) is 6.33. The SMILES string of the molecule is Cc1ccc(S(=O)(=O)N/C=C(/c2ccccc2)[n+]2ccccc2-c2ccc(F)cc2)cc1. The van der Waals surface area contributed by atoms with Crippen LogP contribution in [-0.4, -0.2) is 8.42 Å². The molecule has 0 unspecified atom stereocenters. The van der Waals surface area contributed by atoms with Gasteiger partial charge in [-0.15, -0.1) is 0 Å². The minimum atomic E-state index is -3.76. The van der Waals surface area contributed by atoms with E-state index in [9.17, 15) is 12.8 Å². The lowest BCUT2D eigenvalue weighted by molar-refractivity contribution is -0.567. The Balaban J connectivity index is 1.81. The molecule has 0 radical (unpaired) electrons. The molecule has 0 bridgehead atoms.